The lowest BCUT2D eigenvalue weighted by atomic mass is 9.73. The lowest BCUT2D eigenvalue weighted by Crippen LogP contribution is -2.52. The van der Waals surface area contributed by atoms with Crippen LogP contribution in [0.3, 0.4) is 0 Å². The summed E-state index contributed by atoms with van der Waals surface area (Å²) in [5.74, 6) is 4.32. The monoisotopic (exact) mass is 438 g/mol. The predicted octanol–water partition coefficient (Wildman–Crippen LogP) is 7.16. The fourth-order valence-corrected chi connectivity index (χ4v) is 11.3. The van der Waals surface area contributed by atoms with Gasteiger partial charge in [-0.1, -0.05) is 51.4 Å². The van der Waals surface area contributed by atoms with Crippen LogP contribution in [0.15, 0.2) is 0 Å². The van der Waals surface area contributed by atoms with E-state index in [9.17, 15) is 0 Å². The van der Waals surface area contributed by atoms with Gasteiger partial charge < -0.3 is 0 Å². The van der Waals surface area contributed by atoms with Gasteiger partial charge in [0.05, 0.1) is 0 Å². The Hall–Kier alpha value is -0.0800. The molecular formula is C30H50N2. The van der Waals surface area contributed by atoms with Crippen LogP contribution in [0.1, 0.15) is 128 Å². The average molecular weight is 439 g/mol. The Balaban J connectivity index is 1.07. The van der Waals surface area contributed by atoms with Crippen LogP contribution in [0.2, 0.25) is 0 Å². The number of hydrogen-bond acceptors (Lipinski definition) is 2. The summed E-state index contributed by atoms with van der Waals surface area (Å²) >= 11 is 0. The summed E-state index contributed by atoms with van der Waals surface area (Å²) in [7, 11) is 0. The molecule has 2 nitrogen and oxygen atoms in total. The predicted molar refractivity (Wildman–Crippen MR) is 133 cm³/mol. The molecule has 0 aromatic rings. The van der Waals surface area contributed by atoms with Crippen LogP contribution in [0.4, 0.5) is 0 Å². The Bertz CT molecular complexity index is 553. The first-order valence-electron chi connectivity index (χ1n) is 15.4. The summed E-state index contributed by atoms with van der Waals surface area (Å²) < 4.78 is 0. The van der Waals surface area contributed by atoms with Crippen molar-refractivity contribution in [1.82, 2.24) is 9.80 Å². The zero-order valence-electron chi connectivity index (χ0n) is 20.8. The van der Waals surface area contributed by atoms with Crippen molar-refractivity contribution in [3.8, 4) is 0 Å². The van der Waals surface area contributed by atoms with Crippen molar-refractivity contribution in [3.05, 3.63) is 0 Å². The van der Waals surface area contributed by atoms with Gasteiger partial charge in [-0.15, -0.1) is 0 Å². The van der Waals surface area contributed by atoms with E-state index in [1.807, 2.05) is 0 Å². The summed E-state index contributed by atoms with van der Waals surface area (Å²) in [5, 5.41) is 0. The van der Waals surface area contributed by atoms with Crippen LogP contribution in [-0.2, 0) is 0 Å². The molecule has 2 heteroatoms. The molecule has 0 radical (unpaired) electrons. The highest BCUT2D eigenvalue weighted by Crippen LogP contribution is 2.53. The summed E-state index contributed by atoms with van der Waals surface area (Å²) in [6.45, 7) is 0. The molecule has 8 atom stereocenters. The molecule has 2 aliphatic heterocycles. The largest absolute Gasteiger partial charge is 0.294 e. The third kappa shape index (κ3) is 3.39. The first-order chi connectivity index (χ1) is 15.9. The smallest absolute Gasteiger partial charge is 0.0133 e. The van der Waals surface area contributed by atoms with E-state index in [4.69, 9.17) is 0 Å². The molecule has 5 aliphatic carbocycles. The fraction of sp³-hybridized carbons (Fsp3) is 1.00. The fourth-order valence-electron chi connectivity index (χ4n) is 11.3. The normalized spacial score (nSPS) is 52.1. The molecule has 0 bridgehead atoms. The third-order valence-electron chi connectivity index (χ3n) is 12.3. The maximum atomic E-state index is 3.22. The molecule has 0 aromatic heterocycles. The number of nitrogens with zero attached hydrogens (tertiary/aromatic N) is 2. The summed E-state index contributed by atoms with van der Waals surface area (Å²) in [6, 6.07) is 5.81. The molecule has 180 valence electrons. The number of likely N-dealkylation sites (tertiary alicyclic amines) is 2. The molecule has 7 rings (SSSR count). The van der Waals surface area contributed by atoms with Gasteiger partial charge in [0.15, 0.2) is 0 Å². The van der Waals surface area contributed by atoms with E-state index in [-0.39, 0.29) is 0 Å². The van der Waals surface area contributed by atoms with Crippen LogP contribution in [0.5, 0.6) is 0 Å². The third-order valence-corrected chi connectivity index (χ3v) is 12.3. The topological polar surface area (TPSA) is 6.48 Å². The zero-order chi connectivity index (χ0) is 21.1. The highest BCUT2D eigenvalue weighted by atomic mass is 15.3. The van der Waals surface area contributed by atoms with Crippen LogP contribution in [0.25, 0.3) is 0 Å². The van der Waals surface area contributed by atoms with E-state index in [1.54, 1.807) is 25.7 Å². The van der Waals surface area contributed by atoms with E-state index in [0.717, 1.165) is 59.9 Å². The first kappa shape index (κ1) is 21.2. The van der Waals surface area contributed by atoms with Gasteiger partial charge in [0.2, 0.25) is 0 Å². The highest BCUT2D eigenvalue weighted by Gasteiger charge is 2.54. The van der Waals surface area contributed by atoms with Crippen LogP contribution >= 0.6 is 0 Å². The summed E-state index contributed by atoms with van der Waals surface area (Å²) in [4.78, 5) is 6.45. The van der Waals surface area contributed by atoms with E-state index < -0.39 is 0 Å². The van der Waals surface area contributed by atoms with E-state index in [2.05, 4.69) is 9.80 Å². The van der Waals surface area contributed by atoms with E-state index in [0.29, 0.717) is 0 Å². The standard InChI is InChI=1S/C30H50N2/c1-5-13-27-23(9-1)24-10-2-6-14-28(24)31(27)21-17-19-22(20-18-21)32-29-15-7-3-11-25(29)26-12-4-8-16-30(26)32/h21-30H,1-20H2. The van der Waals surface area contributed by atoms with Crippen LogP contribution in [0, 0.1) is 23.7 Å². The van der Waals surface area contributed by atoms with Crippen molar-refractivity contribution in [2.75, 3.05) is 0 Å². The lowest BCUT2D eigenvalue weighted by Gasteiger charge is -2.47. The summed E-state index contributed by atoms with van der Waals surface area (Å²) in [5.41, 5.74) is 0. The van der Waals surface area contributed by atoms with Gasteiger partial charge in [0.1, 0.15) is 0 Å². The summed E-state index contributed by atoms with van der Waals surface area (Å²) in [6.07, 6.45) is 30.8. The molecule has 7 aliphatic rings. The van der Waals surface area contributed by atoms with Crippen LogP contribution in [-0.4, -0.2) is 46.1 Å². The number of hydrogen-bond donors (Lipinski definition) is 0. The van der Waals surface area contributed by atoms with Crippen molar-refractivity contribution in [2.24, 2.45) is 23.7 Å². The maximum absolute atomic E-state index is 3.22. The van der Waals surface area contributed by atoms with E-state index >= 15 is 0 Å². The SMILES string of the molecule is C1CCC2C(C1)C1CCCCC1N2C1CCC(N2C3CCCCC3C3CCCCC32)CC1. The minimum Gasteiger partial charge on any atom is -0.294 e. The lowest BCUT2D eigenvalue weighted by molar-refractivity contribution is 0.0184. The van der Waals surface area contributed by atoms with E-state index in [1.165, 1.54) is 103 Å². The van der Waals surface area contributed by atoms with Gasteiger partial charge in [-0.25, -0.2) is 0 Å². The maximum Gasteiger partial charge on any atom is 0.0133 e. The second-order valence-corrected chi connectivity index (χ2v) is 13.4. The Morgan fingerprint density at radius 3 is 0.812 bits per heavy atom. The Morgan fingerprint density at radius 2 is 0.531 bits per heavy atom. The van der Waals surface area contributed by atoms with Gasteiger partial charge in [-0.2, -0.15) is 0 Å². The minimum atomic E-state index is 0.942. The zero-order valence-corrected chi connectivity index (χ0v) is 20.8. The molecule has 7 fully saturated rings. The van der Waals surface area contributed by atoms with Crippen molar-refractivity contribution < 1.29 is 0 Å². The van der Waals surface area contributed by atoms with Gasteiger partial charge in [-0.3, -0.25) is 9.80 Å². The number of fused-ring (bicyclic) bond motifs is 6. The Labute approximate surface area is 198 Å². The van der Waals surface area contributed by atoms with Gasteiger partial charge >= 0.3 is 0 Å². The molecular weight excluding hydrogens is 388 g/mol. The average Bonchev–Trinajstić information content (AvgIpc) is 3.38. The van der Waals surface area contributed by atoms with Gasteiger partial charge in [0.25, 0.3) is 0 Å². The second-order valence-electron chi connectivity index (χ2n) is 13.4. The Kier molecular flexibility index (Phi) is 5.87. The minimum absolute atomic E-state index is 0.942. The molecule has 8 unspecified atom stereocenters. The molecule has 2 saturated heterocycles. The van der Waals surface area contributed by atoms with Crippen molar-refractivity contribution in [1.29, 1.82) is 0 Å². The van der Waals surface area contributed by atoms with Crippen LogP contribution < -0.4 is 0 Å². The first-order valence-corrected chi connectivity index (χ1v) is 15.4. The second kappa shape index (κ2) is 8.85. The molecule has 32 heavy (non-hydrogen) atoms. The van der Waals surface area contributed by atoms with Crippen molar-refractivity contribution in [2.45, 2.75) is 165 Å². The van der Waals surface area contributed by atoms with Gasteiger partial charge in [0, 0.05) is 36.3 Å². The molecule has 0 amide bonds. The highest BCUT2D eigenvalue weighted by molar-refractivity contribution is 5.08. The number of rotatable bonds is 2. The van der Waals surface area contributed by atoms with Crippen molar-refractivity contribution >= 4 is 0 Å². The van der Waals surface area contributed by atoms with Crippen molar-refractivity contribution in [3.63, 3.8) is 0 Å². The molecule has 5 saturated carbocycles. The van der Waals surface area contributed by atoms with Gasteiger partial charge in [-0.05, 0) is 101 Å². The molecule has 0 N–H and O–H groups in total. The molecule has 0 spiro atoms. The quantitative estimate of drug-likeness (QED) is 0.451. The molecule has 2 heterocycles. The Morgan fingerprint density at radius 1 is 0.281 bits per heavy atom. The molecule has 0 aromatic carbocycles.